The Labute approximate surface area is 116 Å². The summed E-state index contributed by atoms with van der Waals surface area (Å²) in [6.07, 6.45) is 1.85. The molecule has 1 fully saturated rings. The summed E-state index contributed by atoms with van der Waals surface area (Å²) < 4.78 is 10.1. The Balaban J connectivity index is 2.32. The highest BCUT2D eigenvalue weighted by Gasteiger charge is 2.27. The standard InChI is InChI=1S/C12H19N3O3S/c1-17-9-8(14)10(12(16)18-2)19-11(9)15-5-3-7(13)4-6-15/h7H,3-6,13-14H2,1-2H3. The number of anilines is 2. The van der Waals surface area contributed by atoms with Crippen LogP contribution in [-0.4, -0.2) is 39.3 Å². The van der Waals surface area contributed by atoms with E-state index in [1.54, 1.807) is 7.11 Å². The number of thiophene rings is 1. The smallest absolute Gasteiger partial charge is 0.350 e. The Morgan fingerprint density at radius 2 is 2.00 bits per heavy atom. The first kappa shape index (κ1) is 14.0. The van der Waals surface area contributed by atoms with E-state index < -0.39 is 5.97 Å². The highest BCUT2D eigenvalue weighted by atomic mass is 32.1. The Hall–Kier alpha value is -1.47. The van der Waals surface area contributed by atoms with E-state index in [2.05, 4.69) is 4.90 Å². The fourth-order valence-corrected chi connectivity index (χ4v) is 3.33. The Morgan fingerprint density at radius 1 is 1.37 bits per heavy atom. The van der Waals surface area contributed by atoms with E-state index in [1.165, 1.54) is 18.4 Å². The maximum Gasteiger partial charge on any atom is 0.350 e. The van der Waals surface area contributed by atoms with Gasteiger partial charge in [0.05, 0.1) is 14.2 Å². The molecular formula is C12H19N3O3S. The van der Waals surface area contributed by atoms with Crippen molar-refractivity contribution in [1.29, 1.82) is 0 Å². The zero-order valence-corrected chi connectivity index (χ0v) is 12.0. The van der Waals surface area contributed by atoms with Crippen molar-refractivity contribution in [3.05, 3.63) is 4.88 Å². The largest absolute Gasteiger partial charge is 0.492 e. The predicted octanol–water partition coefficient (Wildman–Crippen LogP) is 1.05. The average molecular weight is 285 g/mol. The van der Waals surface area contributed by atoms with E-state index in [1.807, 2.05) is 0 Å². The minimum Gasteiger partial charge on any atom is -0.492 e. The number of nitrogen functional groups attached to an aromatic ring is 1. The summed E-state index contributed by atoms with van der Waals surface area (Å²) in [4.78, 5) is 14.2. The first-order valence-electron chi connectivity index (χ1n) is 6.13. The van der Waals surface area contributed by atoms with E-state index >= 15 is 0 Å². The molecule has 0 radical (unpaired) electrons. The summed E-state index contributed by atoms with van der Waals surface area (Å²) in [7, 11) is 2.90. The number of hydrogen-bond donors (Lipinski definition) is 2. The van der Waals surface area contributed by atoms with E-state index in [0.717, 1.165) is 30.9 Å². The number of hydrogen-bond acceptors (Lipinski definition) is 7. The van der Waals surface area contributed by atoms with Crippen molar-refractivity contribution in [1.82, 2.24) is 0 Å². The second-order valence-electron chi connectivity index (χ2n) is 4.50. The van der Waals surface area contributed by atoms with Gasteiger partial charge >= 0.3 is 5.97 Å². The molecule has 1 saturated heterocycles. The van der Waals surface area contributed by atoms with Crippen LogP contribution >= 0.6 is 11.3 Å². The van der Waals surface area contributed by atoms with Gasteiger partial charge in [0.2, 0.25) is 0 Å². The van der Waals surface area contributed by atoms with Gasteiger partial charge in [0, 0.05) is 19.1 Å². The fourth-order valence-electron chi connectivity index (χ4n) is 2.17. The molecule has 7 heteroatoms. The molecular weight excluding hydrogens is 266 g/mol. The lowest BCUT2D eigenvalue weighted by molar-refractivity contribution is 0.0607. The summed E-state index contributed by atoms with van der Waals surface area (Å²) in [5.74, 6) is 0.127. The second-order valence-corrected chi connectivity index (χ2v) is 5.50. The minimum absolute atomic E-state index is 0.250. The summed E-state index contributed by atoms with van der Waals surface area (Å²) >= 11 is 1.31. The molecule has 2 rings (SSSR count). The van der Waals surface area contributed by atoms with Crippen molar-refractivity contribution in [2.24, 2.45) is 5.73 Å². The highest BCUT2D eigenvalue weighted by molar-refractivity contribution is 7.19. The van der Waals surface area contributed by atoms with Gasteiger partial charge in [-0.25, -0.2) is 4.79 Å². The van der Waals surface area contributed by atoms with Crippen LogP contribution in [-0.2, 0) is 4.74 Å². The Bertz CT molecular complexity index is 467. The van der Waals surface area contributed by atoms with Crippen molar-refractivity contribution in [2.45, 2.75) is 18.9 Å². The van der Waals surface area contributed by atoms with Crippen LogP contribution in [0.2, 0.25) is 0 Å². The number of nitrogens with two attached hydrogens (primary N) is 2. The molecule has 0 atom stereocenters. The normalized spacial score (nSPS) is 16.5. The fraction of sp³-hybridized carbons (Fsp3) is 0.583. The number of carbonyl (C=O) groups excluding carboxylic acids is 1. The van der Waals surface area contributed by atoms with E-state index in [4.69, 9.17) is 20.9 Å². The van der Waals surface area contributed by atoms with Crippen molar-refractivity contribution in [3.8, 4) is 5.75 Å². The van der Waals surface area contributed by atoms with Gasteiger partial charge in [0.15, 0.2) is 5.75 Å². The molecule has 106 valence electrons. The predicted molar refractivity (Wildman–Crippen MR) is 76.0 cm³/mol. The molecule has 6 nitrogen and oxygen atoms in total. The van der Waals surface area contributed by atoms with Crippen molar-refractivity contribution in [2.75, 3.05) is 37.9 Å². The van der Waals surface area contributed by atoms with Crippen LogP contribution < -0.4 is 21.1 Å². The molecule has 0 saturated carbocycles. The van der Waals surface area contributed by atoms with Crippen molar-refractivity contribution in [3.63, 3.8) is 0 Å². The summed E-state index contributed by atoms with van der Waals surface area (Å²) in [6, 6.07) is 0.250. The number of rotatable bonds is 3. The molecule has 1 aromatic heterocycles. The molecule has 0 bridgehead atoms. The molecule has 0 spiro atoms. The average Bonchev–Trinajstić information content (AvgIpc) is 2.75. The molecule has 0 unspecified atom stereocenters. The van der Waals surface area contributed by atoms with Crippen LogP contribution in [0.4, 0.5) is 10.7 Å². The van der Waals surface area contributed by atoms with Gasteiger partial charge in [-0.05, 0) is 12.8 Å². The number of ether oxygens (including phenoxy) is 2. The monoisotopic (exact) mass is 285 g/mol. The van der Waals surface area contributed by atoms with Gasteiger partial charge < -0.3 is 25.8 Å². The Kier molecular flexibility index (Phi) is 4.16. The molecule has 0 amide bonds. The third kappa shape index (κ3) is 2.62. The third-order valence-electron chi connectivity index (χ3n) is 3.28. The molecule has 0 aliphatic carbocycles. The number of nitrogens with zero attached hydrogens (tertiary/aromatic N) is 1. The molecule has 4 N–H and O–H groups in total. The first-order chi connectivity index (χ1) is 9.08. The van der Waals surface area contributed by atoms with Gasteiger partial charge in [-0.2, -0.15) is 0 Å². The zero-order valence-electron chi connectivity index (χ0n) is 11.1. The maximum atomic E-state index is 11.7. The van der Waals surface area contributed by atoms with E-state index in [0.29, 0.717) is 16.3 Å². The van der Waals surface area contributed by atoms with Gasteiger partial charge in [-0.3, -0.25) is 0 Å². The van der Waals surface area contributed by atoms with Crippen LogP contribution in [0.25, 0.3) is 0 Å². The molecule has 1 aliphatic rings. The molecule has 1 aromatic rings. The highest BCUT2D eigenvalue weighted by Crippen LogP contribution is 2.45. The van der Waals surface area contributed by atoms with Crippen molar-refractivity contribution >= 4 is 28.0 Å². The SMILES string of the molecule is COC(=O)c1sc(N2CCC(N)CC2)c(OC)c1N. The van der Waals surface area contributed by atoms with Crippen LogP contribution in [0.1, 0.15) is 22.5 Å². The van der Waals surface area contributed by atoms with E-state index in [9.17, 15) is 4.79 Å². The summed E-state index contributed by atoms with van der Waals surface area (Å²) in [5, 5.41) is 0.882. The molecule has 0 aromatic carbocycles. The van der Waals surface area contributed by atoms with Gasteiger partial charge in [-0.1, -0.05) is 0 Å². The van der Waals surface area contributed by atoms with Crippen LogP contribution in [0, 0.1) is 0 Å². The second kappa shape index (κ2) is 5.66. The minimum atomic E-state index is -0.430. The van der Waals surface area contributed by atoms with Gasteiger partial charge in [0.1, 0.15) is 15.6 Å². The lowest BCUT2D eigenvalue weighted by Crippen LogP contribution is -2.39. The number of piperidine rings is 1. The Morgan fingerprint density at radius 3 is 2.53 bits per heavy atom. The number of carbonyl (C=O) groups is 1. The van der Waals surface area contributed by atoms with Crippen LogP contribution in [0.15, 0.2) is 0 Å². The maximum absolute atomic E-state index is 11.7. The molecule has 19 heavy (non-hydrogen) atoms. The molecule has 2 heterocycles. The lowest BCUT2D eigenvalue weighted by Gasteiger charge is -2.31. The van der Waals surface area contributed by atoms with Crippen LogP contribution in [0.5, 0.6) is 5.75 Å². The third-order valence-corrected chi connectivity index (χ3v) is 4.51. The zero-order chi connectivity index (χ0) is 14.0. The van der Waals surface area contributed by atoms with Gasteiger partial charge in [0.25, 0.3) is 0 Å². The lowest BCUT2D eigenvalue weighted by atomic mass is 10.1. The van der Waals surface area contributed by atoms with Crippen molar-refractivity contribution < 1.29 is 14.3 Å². The quantitative estimate of drug-likeness (QED) is 0.807. The van der Waals surface area contributed by atoms with Gasteiger partial charge in [-0.15, -0.1) is 11.3 Å². The molecule has 1 aliphatic heterocycles. The summed E-state index contributed by atoms with van der Waals surface area (Å²) in [6.45, 7) is 1.69. The topological polar surface area (TPSA) is 90.8 Å². The summed E-state index contributed by atoms with van der Waals surface area (Å²) in [5.41, 5.74) is 12.2. The first-order valence-corrected chi connectivity index (χ1v) is 6.95. The number of methoxy groups -OCH3 is 2. The van der Waals surface area contributed by atoms with E-state index in [-0.39, 0.29) is 6.04 Å². The number of esters is 1. The van der Waals surface area contributed by atoms with Crippen LogP contribution in [0.3, 0.4) is 0 Å².